The SMILES string of the molecule is CC(=O)NC(CO)(Cc1ccc(O)c(O)c1)C(=O)O. The highest BCUT2D eigenvalue weighted by Crippen LogP contribution is 2.26. The molecule has 0 saturated heterocycles. The number of aliphatic hydroxyl groups is 1. The van der Waals surface area contributed by atoms with Crippen LogP contribution in [0.2, 0.25) is 0 Å². The third kappa shape index (κ3) is 3.35. The van der Waals surface area contributed by atoms with Crippen LogP contribution in [-0.2, 0) is 16.0 Å². The molecule has 0 fully saturated rings. The topological polar surface area (TPSA) is 127 Å². The molecule has 1 atom stereocenters. The lowest BCUT2D eigenvalue weighted by atomic mass is 9.91. The molecule has 0 aromatic heterocycles. The van der Waals surface area contributed by atoms with Crippen molar-refractivity contribution in [1.29, 1.82) is 0 Å². The molecule has 0 aliphatic carbocycles. The van der Waals surface area contributed by atoms with Crippen molar-refractivity contribution < 1.29 is 30.0 Å². The van der Waals surface area contributed by atoms with Crippen LogP contribution >= 0.6 is 0 Å². The van der Waals surface area contributed by atoms with Crippen LogP contribution in [0.4, 0.5) is 0 Å². The molecule has 1 unspecified atom stereocenters. The lowest BCUT2D eigenvalue weighted by Gasteiger charge is -2.28. The molecule has 104 valence electrons. The Morgan fingerprint density at radius 2 is 1.89 bits per heavy atom. The van der Waals surface area contributed by atoms with Crippen molar-refractivity contribution in [2.75, 3.05) is 6.61 Å². The van der Waals surface area contributed by atoms with E-state index in [4.69, 9.17) is 5.11 Å². The van der Waals surface area contributed by atoms with Crippen LogP contribution in [0.5, 0.6) is 11.5 Å². The van der Waals surface area contributed by atoms with Crippen LogP contribution in [0.25, 0.3) is 0 Å². The Labute approximate surface area is 109 Å². The van der Waals surface area contributed by atoms with Gasteiger partial charge in [-0.1, -0.05) is 6.07 Å². The quantitative estimate of drug-likeness (QED) is 0.462. The van der Waals surface area contributed by atoms with Gasteiger partial charge in [0.1, 0.15) is 0 Å². The van der Waals surface area contributed by atoms with E-state index in [0.29, 0.717) is 5.56 Å². The van der Waals surface area contributed by atoms with Gasteiger partial charge in [0, 0.05) is 13.3 Å². The van der Waals surface area contributed by atoms with Gasteiger partial charge in [-0.15, -0.1) is 0 Å². The largest absolute Gasteiger partial charge is 0.504 e. The van der Waals surface area contributed by atoms with Crippen LogP contribution in [0.15, 0.2) is 18.2 Å². The van der Waals surface area contributed by atoms with Gasteiger partial charge in [0.05, 0.1) is 6.61 Å². The van der Waals surface area contributed by atoms with Gasteiger partial charge in [0.15, 0.2) is 17.0 Å². The maximum atomic E-state index is 11.3. The molecular weight excluding hydrogens is 254 g/mol. The number of phenols is 2. The Balaban J connectivity index is 3.09. The summed E-state index contributed by atoms with van der Waals surface area (Å²) in [7, 11) is 0. The molecule has 0 saturated carbocycles. The van der Waals surface area contributed by atoms with Crippen LogP contribution in [-0.4, -0.2) is 44.4 Å². The number of nitrogens with one attached hydrogen (secondary N) is 1. The Kier molecular flexibility index (Phi) is 4.34. The predicted molar refractivity (Wildman–Crippen MR) is 64.7 cm³/mol. The molecule has 0 bridgehead atoms. The highest BCUT2D eigenvalue weighted by molar-refractivity contribution is 5.86. The van der Waals surface area contributed by atoms with Gasteiger partial charge in [-0.05, 0) is 17.7 Å². The van der Waals surface area contributed by atoms with Crippen molar-refractivity contribution in [2.45, 2.75) is 18.9 Å². The Hall–Kier alpha value is -2.28. The normalized spacial score (nSPS) is 13.6. The summed E-state index contributed by atoms with van der Waals surface area (Å²) in [6.45, 7) is 0.338. The summed E-state index contributed by atoms with van der Waals surface area (Å²) < 4.78 is 0. The standard InChI is InChI=1S/C12H15NO6/c1-7(15)13-12(6-14,11(18)19)5-8-2-3-9(16)10(17)4-8/h2-4,14,16-17H,5-6H2,1H3,(H,13,15)(H,18,19). The van der Waals surface area contributed by atoms with E-state index in [-0.39, 0.29) is 12.2 Å². The van der Waals surface area contributed by atoms with Gasteiger partial charge in [0.2, 0.25) is 5.91 Å². The van der Waals surface area contributed by atoms with E-state index in [0.717, 1.165) is 6.92 Å². The number of benzene rings is 1. The second-order valence-corrected chi connectivity index (χ2v) is 4.23. The van der Waals surface area contributed by atoms with Crippen LogP contribution in [0, 0.1) is 0 Å². The van der Waals surface area contributed by atoms with Crippen LogP contribution < -0.4 is 5.32 Å². The molecule has 19 heavy (non-hydrogen) atoms. The number of carboxylic acids is 1. The second-order valence-electron chi connectivity index (χ2n) is 4.23. The molecule has 0 spiro atoms. The lowest BCUT2D eigenvalue weighted by Crippen LogP contribution is -2.58. The number of phenolic OH excluding ortho intramolecular Hbond substituents is 2. The van der Waals surface area contributed by atoms with Gasteiger partial charge in [-0.25, -0.2) is 4.79 Å². The molecule has 5 N–H and O–H groups in total. The highest BCUT2D eigenvalue weighted by Gasteiger charge is 2.39. The fraction of sp³-hybridized carbons (Fsp3) is 0.333. The summed E-state index contributed by atoms with van der Waals surface area (Å²) in [6.07, 6.45) is -0.230. The van der Waals surface area contributed by atoms with Crippen molar-refractivity contribution >= 4 is 11.9 Å². The van der Waals surface area contributed by atoms with Crippen LogP contribution in [0.1, 0.15) is 12.5 Å². The Morgan fingerprint density at radius 1 is 1.26 bits per heavy atom. The Bertz CT molecular complexity index is 501. The van der Waals surface area contributed by atoms with Gasteiger partial charge in [-0.3, -0.25) is 4.79 Å². The van der Waals surface area contributed by atoms with Crippen molar-refractivity contribution in [3.63, 3.8) is 0 Å². The van der Waals surface area contributed by atoms with E-state index in [9.17, 15) is 24.9 Å². The minimum Gasteiger partial charge on any atom is -0.504 e. The lowest BCUT2D eigenvalue weighted by molar-refractivity contribution is -0.149. The number of aromatic hydroxyl groups is 2. The molecule has 7 nitrogen and oxygen atoms in total. The number of carboxylic acid groups (broad SMARTS) is 1. The average molecular weight is 269 g/mol. The van der Waals surface area contributed by atoms with Crippen molar-refractivity contribution in [3.8, 4) is 11.5 Å². The van der Waals surface area contributed by atoms with Crippen molar-refractivity contribution in [2.24, 2.45) is 0 Å². The summed E-state index contributed by atoms with van der Waals surface area (Å²) in [5, 5.41) is 39.1. The highest BCUT2D eigenvalue weighted by atomic mass is 16.4. The van der Waals surface area contributed by atoms with E-state index in [1.54, 1.807) is 0 Å². The monoisotopic (exact) mass is 269 g/mol. The number of carbonyl (C=O) groups excluding carboxylic acids is 1. The van der Waals surface area contributed by atoms with Gasteiger partial charge >= 0.3 is 5.97 Å². The first-order valence-corrected chi connectivity index (χ1v) is 5.44. The molecule has 0 aliphatic heterocycles. The molecule has 1 aromatic carbocycles. The third-order valence-corrected chi connectivity index (χ3v) is 2.64. The number of hydrogen-bond acceptors (Lipinski definition) is 5. The molecule has 0 aliphatic rings. The smallest absolute Gasteiger partial charge is 0.332 e. The number of carbonyl (C=O) groups is 2. The average Bonchev–Trinajstić information content (AvgIpc) is 2.32. The van der Waals surface area contributed by atoms with Gasteiger partial charge in [0.25, 0.3) is 0 Å². The van der Waals surface area contributed by atoms with E-state index in [1.165, 1.54) is 18.2 Å². The summed E-state index contributed by atoms with van der Waals surface area (Å²) in [5.74, 6) is -2.73. The minimum absolute atomic E-state index is 0.230. The number of rotatable bonds is 5. The zero-order chi connectivity index (χ0) is 14.6. The first kappa shape index (κ1) is 14.8. The number of amides is 1. The molecule has 7 heteroatoms. The van der Waals surface area contributed by atoms with E-state index < -0.39 is 29.8 Å². The second kappa shape index (κ2) is 5.57. The number of aliphatic hydroxyl groups excluding tert-OH is 1. The van der Waals surface area contributed by atoms with E-state index in [2.05, 4.69) is 5.32 Å². The zero-order valence-corrected chi connectivity index (χ0v) is 10.3. The van der Waals surface area contributed by atoms with Crippen molar-refractivity contribution in [1.82, 2.24) is 5.32 Å². The first-order chi connectivity index (χ1) is 8.80. The fourth-order valence-corrected chi connectivity index (χ4v) is 1.70. The molecule has 0 radical (unpaired) electrons. The maximum absolute atomic E-state index is 11.3. The molecule has 1 amide bonds. The summed E-state index contributed by atoms with van der Waals surface area (Å²) in [6, 6.07) is 3.76. The number of aliphatic carboxylic acids is 1. The summed E-state index contributed by atoms with van der Waals surface area (Å²) in [4.78, 5) is 22.3. The molecule has 1 rings (SSSR count). The maximum Gasteiger partial charge on any atom is 0.332 e. The molecule has 1 aromatic rings. The predicted octanol–water partition coefficient (Wildman–Crippen LogP) is -0.408. The van der Waals surface area contributed by atoms with Gasteiger partial charge in [-0.2, -0.15) is 0 Å². The van der Waals surface area contributed by atoms with Crippen LogP contribution in [0.3, 0.4) is 0 Å². The summed E-state index contributed by atoms with van der Waals surface area (Å²) in [5.41, 5.74) is -1.52. The first-order valence-electron chi connectivity index (χ1n) is 5.44. The van der Waals surface area contributed by atoms with E-state index >= 15 is 0 Å². The molecule has 0 heterocycles. The fourth-order valence-electron chi connectivity index (χ4n) is 1.70. The minimum atomic E-state index is -1.87. The Morgan fingerprint density at radius 3 is 2.32 bits per heavy atom. The third-order valence-electron chi connectivity index (χ3n) is 2.64. The van der Waals surface area contributed by atoms with Gasteiger partial charge < -0.3 is 25.7 Å². The van der Waals surface area contributed by atoms with Crippen molar-refractivity contribution in [3.05, 3.63) is 23.8 Å². The number of hydrogen-bond donors (Lipinski definition) is 5. The zero-order valence-electron chi connectivity index (χ0n) is 10.3. The summed E-state index contributed by atoms with van der Waals surface area (Å²) >= 11 is 0. The van der Waals surface area contributed by atoms with E-state index in [1.807, 2.05) is 0 Å². The molecular formula is C12H15NO6.